The van der Waals surface area contributed by atoms with E-state index >= 15 is 0 Å². The zero-order chi connectivity index (χ0) is 23.8. The molecule has 7 heteroatoms. The van der Waals surface area contributed by atoms with Gasteiger partial charge < -0.3 is 24.8 Å². The highest BCUT2D eigenvalue weighted by Crippen LogP contribution is 2.36. The Hall–Kier alpha value is -2.38. The zero-order valence-corrected chi connectivity index (χ0v) is 21.4. The molecule has 3 aliphatic heterocycles. The fourth-order valence-corrected chi connectivity index (χ4v) is 6.58. The number of aryl methyl sites for hydroxylation is 1. The monoisotopic (exact) mass is 476 g/mol. The van der Waals surface area contributed by atoms with Gasteiger partial charge in [0.05, 0.1) is 5.69 Å². The van der Waals surface area contributed by atoms with Crippen molar-refractivity contribution in [2.75, 3.05) is 56.2 Å². The lowest BCUT2D eigenvalue weighted by molar-refractivity contribution is 0.187. The maximum Gasteiger partial charge on any atom is 0.318 e. The van der Waals surface area contributed by atoms with Gasteiger partial charge in [0.15, 0.2) is 0 Å². The van der Waals surface area contributed by atoms with Gasteiger partial charge in [-0.25, -0.2) is 0 Å². The highest BCUT2D eigenvalue weighted by molar-refractivity contribution is 5.58. The second-order valence-corrected chi connectivity index (χ2v) is 10.9. The van der Waals surface area contributed by atoms with Crippen molar-refractivity contribution in [1.82, 2.24) is 20.2 Å². The number of fused-ring (bicyclic) bond motifs is 2. The molecule has 1 N–H and O–H groups in total. The fraction of sp³-hybridized carbons (Fsp3) is 0.643. The minimum atomic E-state index is 0.420. The van der Waals surface area contributed by atoms with Crippen molar-refractivity contribution in [3.05, 3.63) is 41.1 Å². The molecule has 35 heavy (non-hydrogen) atoms. The topological polar surface area (TPSA) is 56.8 Å². The molecule has 7 nitrogen and oxygen atoms in total. The molecule has 2 fully saturated rings. The molecule has 6 rings (SSSR count). The van der Waals surface area contributed by atoms with Gasteiger partial charge in [0.1, 0.15) is 12.4 Å². The van der Waals surface area contributed by atoms with Crippen LogP contribution in [0.5, 0.6) is 6.01 Å². The summed E-state index contributed by atoms with van der Waals surface area (Å²) in [7, 11) is 2.20. The second-order valence-electron chi connectivity index (χ2n) is 10.9. The van der Waals surface area contributed by atoms with Gasteiger partial charge in [-0.3, -0.25) is 0 Å². The van der Waals surface area contributed by atoms with Crippen LogP contribution in [-0.4, -0.2) is 79.4 Å². The summed E-state index contributed by atoms with van der Waals surface area (Å²) >= 11 is 0. The van der Waals surface area contributed by atoms with Gasteiger partial charge >= 0.3 is 6.01 Å². The third kappa shape index (κ3) is 4.60. The standard InChI is InChI=1S/C28H40N6O/c1-20-18-29-13-16-33(20)27-24-12-11-22(34-15-5-8-21-7-3-4-10-26(21)34)17-25(24)30-28(31-27)35-19-23-9-6-14-32(23)2/h3-4,7,10,20,22-23,29H,5-6,8-9,11-19H2,1-2H3/t20-,22?,23-/m0/s1. The molecule has 4 heterocycles. The fourth-order valence-electron chi connectivity index (χ4n) is 6.58. The van der Waals surface area contributed by atoms with Gasteiger partial charge in [-0.1, -0.05) is 18.2 Å². The first-order valence-electron chi connectivity index (χ1n) is 13.7. The number of benzene rings is 1. The zero-order valence-electron chi connectivity index (χ0n) is 21.4. The summed E-state index contributed by atoms with van der Waals surface area (Å²) < 4.78 is 6.31. The van der Waals surface area contributed by atoms with Crippen molar-refractivity contribution in [3.63, 3.8) is 0 Å². The molecule has 1 unspecified atom stereocenters. The first-order chi connectivity index (χ1) is 17.2. The number of para-hydroxylation sites is 1. The van der Waals surface area contributed by atoms with Crippen LogP contribution in [0.2, 0.25) is 0 Å². The first-order valence-corrected chi connectivity index (χ1v) is 13.7. The number of hydrogen-bond acceptors (Lipinski definition) is 7. The molecule has 0 amide bonds. The Bertz CT molecular complexity index is 1040. The molecule has 0 spiro atoms. The van der Waals surface area contributed by atoms with Crippen LogP contribution in [-0.2, 0) is 19.3 Å². The highest BCUT2D eigenvalue weighted by atomic mass is 16.5. The van der Waals surface area contributed by atoms with E-state index in [1.165, 1.54) is 48.2 Å². The summed E-state index contributed by atoms with van der Waals surface area (Å²) in [5, 5.41) is 3.53. The third-order valence-electron chi connectivity index (χ3n) is 8.64. The van der Waals surface area contributed by atoms with Crippen LogP contribution in [0.15, 0.2) is 24.3 Å². The lowest BCUT2D eigenvalue weighted by atomic mass is 9.88. The van der Waals surface area contributed by atoms with E-state index in [4.69, 9.17) is 14.7 Å². The number of likely N-dealkylation sites (tertiary alicyclic amines) is 1. The van der Waals surface area contributed by atoms with Crippen molar-refractivity contribution in [1.29, 1.82) is 0 Å². The van der Waals surface area contributed by atoms with Crippen LogP contribution < -0.4 is 19.9 Å². The number of nitrogens with zero attached hydrogens (tertiary/aromatic N) is 5. The Balaban J connectivity index is 1.29. The molecule has 2 saturated heterocycles. The van der Waals surface area contributed by atoms with E-state index in [9.17, 15) is 0 Å². The minimum absolute atomic E-state index is 0.420. The number of anilines is 2. The maximum absolute atomic E-state index is 6.31. The normalized spacial score (nSPS) is 27.0. The number of piperazine rings is 1. The van der Waals surface area contributed by atoms with Crippen LogP contribution in [0.3, 0.4) is 0 Å². The van der Waals surface area contributed by atoms with Crippen molar-refractivity contribution in [2.24, 2.45) is 0 Å². The smallest absolute Gasteiger partial charge is 0.318 e. The van der Waals surface area contributed by atoms with Gasteiger partial charge in [0.25, 0.3) is 0 Å². The van der Waals surface area contributed by atoms with E-state index in [0.717, 1.165) is 57.8 Å². The molecular formula is C28H40N6O. The van der Waals surface area contributed by atoms with Gasteiger partial charge in [0.2, 0.25) is 0 Å². The number of likely N-dealkylation sites (N-methyl/N-ethyl adjacent to an activating group) is 1. The molecule has 0 radical (unpaired) electrons. The molecule has 2 aromatic rings. The molecule has 0 saturated carbocycles. The molecule has 4 aliphatic rings. The predicted molar refractivity (Wildman–Crippen MR) is 141 cm³/mol. The highest BCUT2D eigenvalue weighted by Gasteiger charge is 2.33. The van der Waals surface area contributed by atoms with E-state index in [0.29, 0.717) is 30.7 Å². The lowest BCUT2D eigenvalue weighted by Gasteiger charge is -2.41. The molecule has 3 atom stereocenters. The van der Waals surface area contributed by atoms with E-state index in [2.05, 4.69) is 58.3 Å². The Labute approximate surface area is 209 Å². The Morgan fingerprint density at radius 1 is 1.03 bits per heavy atom. The van der Waals surface area contributed by atoms with Crippen molar-refractivity contribution in [2.45, 2.75) is 70.0 Å². The number of ether oxygens (including phenoxy) is 1. The SMILES string of the molecule is C[C@H]1CNCCN1c1nc(OC[C@@H]2CCCN2C)nc2c1CCC(N1CCCc3ccccc31)C2. The van der Waals surface area contributed by atoms with E-state index in [1.54, 1.807) is 0 Å². The summed E-state index contributed by atoms with van der Waals surface area (Å²) in [6.07, 6.45) is 8.03. The molecule has 1 aromatic carbocycles. The van der Waals surface area contributed by atoms with Gasteiger partial charge in [-0.15, -0.1) is 0 Å². The van der Waals surface area contributed by atoms with E-state index in [1.807, 2.05) is 0 Å². The van der Waals surface area contributed by atoms with E-state index in [-0.39, 0.29) is 0 Å². The van der Waals surface area contributed by atoms with Crippen LogP contribution in [0.4, 0.5) is 11.5 Å². The van der Waals surface area contributed by atoms with Crippen LogP contribution in [0.25, 0.3) is 0 Å². The van der Waals surface area contributed by atoms with Crippen LogP contribution in [0, 0.1) is 0 Å². The summed E-state index contributed by atoms with van der Waals surface area (Å²) in [5.74, 6) is 1.12. The summed E-state index contributed by atoms with van der Waals surface area (Å²) in [5.41, 5.74) is 5.48. The Morgan fingerprint density at radius 3 is 2.80 bits per heavy atom. The summed E-state index contributed by atoms with van der Waals surface area (Å²) in [6, 6.07) is 10.9. The number of hydrogen-bond donors (Lipinski definition) is 1. The quantitative estimate of drug-likeness (QED) is 0.712. The molecule has 188 valence electrons. The van der Waals surface area contributed by atoms with Gasteiger partial charge in [0, 0.05) is 62.0 Å². The third-order valence-corrected chi connectivity index (χ3v) is 8.64. The molecule has 0 bridgehead atoms. The molecular weight excluding hydrogens is 436 g/mol. The number of rotatable bonds is 5. The predicted octanol–water partition coefficient (Wildman–Crippen LogP) is 3.06. The van der Waals surface area contributed by atoms with Gasteiger partial charge in [-0.05, 0) is 70.7 Å². The van der Waals surface area contributed by atoms with E-state index < -0.39 is 0 Å². The molecule has 1 aromatic heterocycles. The Kier molecular flexibility index (Phi) is 6.54. The largest absolute Gasteiger partial charge is 0.462 e. The minimum Gasteiger partial charge on any atom is -0.462 e. The Morgan fingerprint density at radius 2 is 1.94 bits per heavy atom. The average Bonchev–Trinajstić information content (AvgIpc) is 3.31. The molecule has 1 aliphatic carbocycles. The van der Waals surface area contributed by atoms with Crippen molar-refractivity contribution < 1.29 is 4.74 Å². The number of nitrogens with one attached hydrogen (secondary N) is 1. The van der Waals surface area contributed by atoms with Crippen molar-refractivity contribution in [3.8, 4) is 6.01 Å². The maximum atomic E-state index is 6.31. The van der Waals surface area contributed by atoms with Crippen LogP contribution in [0.1, 0.15) is 49.4 Å². The van der Waals surface area contributed by atoms with Crippen molar-refractivity contribution >= 4 is 11.5 Å². The summed E-state index contributed by atoms with van der Waals surface area (Å²) in [6.45, 7) is 8.25. The first kappa shape index (κ1) is 23.0. The second kappa shape index (κ2) is 9.94. The van der Waals surface area contributed by atoms with Gasteiger partial charge in [-0.2, -0.15) is 9.97 Å². The van der Waals surface area contributed by atoms with Crippen LogP contribution >= 0.6 is 0 Å². The summed E-state index contributed by atoms with van der Waals surface area (Å²) in [4.78, 5) is 17.7. The number of aromatic nitrogens is 2. The average molecular weight is 477 g/mol. The lowest BCUT2D eigenvalue weighted by Crippen LogP contribution is -2.51.